The number of aliphatic carboxylic acids is 1. The number of hydrogen-bond acceptors (Lipinski definition) is 12. The molecule has 7 aromatic rings. The molecule has 0 unspecified atom stereocenters. The van der Waals surface area contributed by atoms with Gasteiger partial charge in [0.25, 0.3) is 27.4 Å². The second-order valence-electron chi connectivity index (χ2n) is 11.8. The van der Waals surface area contributed by atoms with Gasteiger partial charge in [-0.25, -0.2) is 16.8 Å². The van der Waals surface area contributed by atoms with E-state index in [4.69, 9.17) is 33.1 Å². The number of aromatic nitrogens is 3. The first-order valence-corrected chi connectivity index (χ1v) is 21.8. The van der Waals surface area contributed by atoms with Crippen LogP contribution < -0.4 is 4.72 Å². The fraction of sp³-hybridized carbons (Fsp3) is 0.0476. The van der Waals surface area contributed by atoms with Crippen LogP contribution in [0.4, 0.5) is 22.7 Å². The van der Waals surface area contributed by atoms with Gasteiger partial charge in [-0.1, -0.05) is 84.9 Å². The van der Waals surface area contributed by atoms with Gasteiger partial charge in [-0.3, -0.25) is 44.7 Å². The van der Waals surface area contributed by atoms with Gasteiger partial charge in [0, 0.05) is 69.8 Å². The van der Waals surface area contributed by atoms with E-state index in [0.29, 0.717) is 28.2 Å². The van der Waals surface area contributed by atoms with E-state index in [0.717, 1.165) is 19.1 Å². The van der Waals surface area contributed by atoms with Crippen molar-refractivity contribution < 1.29 is 57.0 Å². The number of para-hydroxylation sites is 3. The summed E-state index contributed by atoms with van der Waals surface area (Å²) in [5.41, 5.74) is 1.70. The molecule has 0 saturated carbocycles. The van der Waals surface area contributed by atoms with Gasteiger partial charge in [-0.2, -0.15) is 0 Å². The second kappa shape index (κ2) is 27.4. The number of nitrogens with one attached hydrogen (secondary N) is 1. The number of anilines is 1. The molecule has 0 aliphatic heterocycles. The van der Waals surface area contributed by atoms with Gasteiger partial charge in [0.05, 0.1) is 32.3 Å². The minimum absolute atomic E-state index is 0. The van der Waals surface area contributed by atoms with Crippen LogP contribution in [-0.4, -0.2) is 58.0 Å². The largest absolute Gasteiger partial charge is 0.572 e. The molecule has 17 nitrogen and oxygen atoms in total. The van der Waals surface area contributed by atoms with Crippen molar-refractivity contribution in [3.05, 3.63) is 201 Å². The molecule has 0 saturated heterocycles. The molecule has 0 spiro atoms. The summed E-state index contributed by atoms with van der Waals surface area (Å²) in [4.78, 5) is 41.1. The Morgan fingerprint density at radius 2 is 1.03 bits per heavy atom. The molecular weight excluding hydrogens is 1000 g/mol. The maximum absolute atomic E-state index is 12.7. The monoisotopic (exact) mass is 1040 g/mol. The van der Waals surface area contributed by atoms with Crippen LogP contribution in [0.15, 0.2) is 186 Å². The predicted molar refractivity (Wildman–Crippen MR) is 241 cm³/mol. The van der Waals surface area contributed by atoms with E-state index >= 15 is 0 Å². The minimum Gasteiger partial charge on any atom is -0.572 e. The fourth-order valence-electron chi connectivity index (χ4n) is 4.96. The Bertz CT molecular complexity index is 2590. The molecule has 64 heavy (non-hydrogen) atoms. The number of halogens is 2. The van der Waals surface area contributed by atoms with Gasteiger partial charge in [0.2, 0.25) is 0 Å². The smallest absolute Gasteiger partial charge is 0.300 e. The van der Waals surface area contributed by atoms with Crippen molar-refractivity contribution in [1.29, 1.82) is 0 Å². The summed E-state index contributed by atoms with van der Waals surface area (Å²) in [6, 6.07) is 39.9. The van der Waals surface area contributed by atoms with E-state index in [1.54, 1.807) is 104 Å². The molecule has 0 aliphatic carbocycles. The third-order valence-corrected chi connectivity index (χ3v) is 10.2. The molecule has 0 fully saturated rings. The van der Waals surface area contributed by atoms with Crippen LogP contribution in [0.25, 0.3) is 27.2 Å². The maximum Gasteiger partial charge on any atom is 0.300 e. The van der Waals surface area contributed by atoms with Gasteiger partial charge in [-0.05, 0) is 60.2 Å². The van der Waals surface area contributed by atoms with Crippen molar-refractivity contribution in [2.24, 2.45) is 0 Å². The van der Waals surface area contributed by atoms with Crippen LogP contribution in [-0.2, 0) is 45.3 Å². The standard InChI is InChI=1S/C17H13N3O4S.C17H12N3O4S.C5H5N.C2H4O2.CH2Cl2.Pd/c2*21-20(22)16-10-3-4-11-17(16)25(23,24)19-15-9-2-1-7-13(15)14-8-5-6-12-18-14;1-2-4-6-5-3-1;1-2(3)4;2-1-3;/h1-12,19H;1-12H;1-5H;1H3,(H,3,4);1H2;/q;-1;;;;. The molecule has 0 atom stereocenters. The van der Waals surface area contributed by atoms with Crippen molar-refractivity contribution in [3.63, 3.8) is 0 Å². The fourth-order valence-corrected chi connectivity index (χ4v) is 7.39. The molecule has 22 heteroatoms. The summed E-state index contributed by atoms with van der Waals surface area (Å²) in [6.45, 7) is 1.08. The number of carboxylic acid groups (broad SMARTS) is 1. The van der Waals surface area contributed by atoms with E-state index in [-0.39, 0.29) is 31.4 Å². The maximum atomic E-state index is 12.7. The molecule has 0 radical (unpaired) electrons. The Hall–Kier alpha value is -6.66. The summed E-state index contributed by atoms with van der Waals surface area (Å²) in [6.07, 6.45) is 6.69. The van der Waals surface area contributed by atoms with Crippen molar-refractivity contribution in [3.8, 4) is 22.5 Å². The number of carbonyl (C=O) groups is 1. The SMILES string of the molecule is CC(=O)O.ClCCl.O=[N+]([O-])c1ccccc1S(=O)(=O)Nc1ccccc1-c1ccccn1.O=[N+]([O-])c1ccccc1S(=O)(=O)[N-]c1ccccc1-c1ccccn1.[Pd].c1ccncc1. The number of carboxylic acids is 1. The van der Waals surface area contributed by atoms with Crippen LogP contribution in [0.1, 0.15) is 6.92 Å². The first-order chi connectivity index (χ1) is 30.1. The van der Waals surface area contributed by atoms with Crippen LogP contribution in [0.5, 0.6) is 0 Å². The minimum atomic E-state index is -4.26. The number of rotatable bonds is 10. The molecule has 3 heterocycles. The van der Waals surface area contributed by atoms with E-state index in [1.165, 1.54) is 42.5 Å². The van der Waals surface area contributed by atoms with Gasteiger partial charge < -0.3 is 9.83 Å². The zero-order chi connectivity index (χ0) is 46.3. The van der Waals surface area contributed by atoms with E-state index in [2.05, 4.69) is 24.4 Å². The number of sulfonamides is 2. The van der Waals surface area contributed by atoms with Gasteiger partial charge in [0.1, 0.15) is 14.9 Å². The zero-order valence-electron chi connectivity index (χ0n) is 33.1. The quantitative estimate of drug-likeness (QED) is 0.0560. The summed E-state index contributed by atoms with van der Waals surface area (Å²) < 4.78 is 56.8. The number of alkyl halides is 2. The Balaban J connectivity index is 0.000000340. The first kappa shape index (κ1) is 53.5. The van der Waals surface area contributed by atoms with E-state index in [1.807, 2.05) is 18.2 Å². The Morgan fingerprint density at radius 3 is 1.50 bits per heavy atom. The Morgan fingerprint density at radius 1 is 0.625 bits per heavy atom. The number of benzene rings is 4. The Kier molecular flexibility index (Phi) is 22.9. The van der Waals surface area contributed by atoms with Crippen LogP contribution in [0, 0.1) is 20.2 Å². The second-order valence-corrected chi connectivity index (χ2v) is 15.8. The third-order valence-electron chi connectivity index (χ3n) is 7.43. The predicted octanol–water partition coefficient (Wildman–Crippen LogP) is 10.1. The van der Waals surface area contributed by atoms with Crippen molar-refractivity contribution in [2.45, 2.75) is 16.7 Å². The average Bonchev–Trinajstić information content (AvgIpc) is 3.28. The molecule has 3 aromatic heterocycles. The summed E-state index contributed by atoms with van der Waals surface area (Å²) >= 11 is 9.53. The van der Waals surface area contributed by atoms with Crippen LogP contribution >= 0.6 is 23.2 Å². The van der Waals surface area contributed by atoms with E-state index in [9.17, 15) is 37.1 Å². The Labute approximate surface area is 392 Å². The van der Waals surface area contributed by atoms with Gasteiger partial charge in [0.15, 0.2) is 4.90 Å². The molecule has 4 aromatic carbocycles. The molecule has 0 bridgehead atoms. The summed E-state index contributed by atoms with van der Waals surface area (Å²) in [7, 11) is -8.40. The number of hydrogen-bond donors (Lipinski definition) is 2. The number of pyridine rings is 3. The molecule has 0 aliphatic rings. The third kappa shape index (κ3) is 17.2. The normalized spacial score (nSPS) is 10.0. The number of nitro groups is 2. The van der Waals surface area contributed by atoms with Gasteiger partial charge >= 0.3 is 0 Å². The molecule has 0 amide bonds. The average molecular weight is 1040 g/mol. The van der Waals surface area contributed by atoms with E-state index < -0.39 is 57.0 Å². The van der Waals surface area contributed by atoms with Crippen molar-refractivity contribution in [2.75, 3.05) is 10.1 Å². The molecule has 2 N–H and O–H groups in total. The first-order valence-electron chi connectivity index (χ1n) is 17.8. The van der Waals surface area contributed by atoms with Crippen molar-refractivity contribution >= 4 is 72.0 Å². The number of nitro benzene ring substituents is 2. The van der Waals surface area contributed by atoms with Gasteiger partial charge in [-0.15, -0.1) is 28.9 Å². The topological polar surface area (TPSA) is 257 Å². The molecular formula is C42H36Cl2N7O10PdS2-. The molecule has 7 rings (SSSR count). The summed E-state index contributed by atoms with van der Waals surface area (Å²) in [5, 5.41) is 29.8. The van der Waals surface area contributed by atoms with Crippen LogP contribution in [0.3, 0.4) is 0 Å². The summed E-state index contributed by atoms with van der Waals surface area (Å²) in [5.74, 6) is -0.833. The number of nitrogens with zero attached hydrogens (tertiary/aromatic N) is 6. The van der Waals surface area contributed by atoms with Crippen molar-refractivity contribution in [1.82, 2.24) is 15.0 Å². The molecule has 336 valence electrons. The zero-order valence-corrected chi connectivity index (χ0v) is 37.8. The van der Waals surface area contributed by atoms with Crippen LogP contribution in [0.2, 0.25) is 0 Å².